The van der Waals surface area contributed by atoms with Crippen LogP contribution < -0.4 is 10.9 Å². The van der Waals surface area contributed by atoms with Crippen molar-refractivity contribution in [2.75, 3.05) is 12.4 Å². The summed E-state index contributed by atoms with van der Waals surface area (Å²) in [5.74, 6) is -0.179. The summed E-state index contributed by atoms with van der Waals surface area (Å²) in [6.45, 7) is 4.28. The molecule has 0 aliphatic heterocycles. The van der Waals surface area contributed by atoms with Gasteiger partial charge in [-0.1, -0.05) is 23.3 Å². The molecule has 0 aliphatic rings. The minimum Gasteiger partial charge on any atom is -0.380 e. The zero-order chi connectivity index (χ0) is 18.0. The summed E-state index contributed by atoms with van der Waals surface area (Å²) in [5, 5.41) is 3.78. The number of pyridine rings is 1. The van der Waals surface area contributed by atoms with Crippen molar-refractivity contribution >= 4 is 22.5 Å². The van der Waals surface area contributed by atoms with E-state index >= 15 is 0 Å². The number of hydrogen-bond acceptors (Lipinski definition) is 3. The van der Waals surface area contributed by atoms with Crippen molar-refractivity contribution in [3.8, 4) is 0 Å². The number of aromatic nitrogens is 1. The third-order valence-corrected chi connectivity index (χ3v) is 3.97. The standard InChI is InChI=1S/C20H20N2O3/c1-12-6-13(2)8-14(7-12)20(24)21-16-4-5-17-15(11-25-3)9-19(23)22-18(17)10-16/h4-10H,11H2,1-3H3,(H,21,24)(H,22,23). The van der Waals surface area contributed by atoms with Gasteiger partial charge in [-0.05, 0) is 43.7 Å². The van der Waals surface area contributed by atoms with Gasteiger partial charge in [0.15, 0.2) is 0 Å². The van der Waals surface area contributed by atoms with Gasteiger partial charge in [0.2, 0.25) is 5.56 Å². The molecule has 5 nitrogen and oxygen atoms in total. The number of nitrogens with one attached hydrogen (secondary N) is 2. The first-order valence-electron chi connectivity index (χ1n) is 8.01. The number of ether oxygens (including phenoxy) is 1. The van der Waals surface area contributed by atoms with Gasteiger partial charge in [0.05, 0.1) is 12.1 Å². The summed E-state index contributed by atoms with van der Waals surface area (Å²) < 4.78 is 5.14. The predicted molar refractivity (Wildman–Crippen MR) is 99.2 cm³/mol. The molecule has 1 amide bonds. The topological polar surface area (TPSA) is 71.2 Å². The first-order valence-corrected chi connectivity index (χ1v) is 8.01. The normalized spacial score (nSPS) is 10.8. The highest BCUT2D eigenvalue weighted by Crippen LogP contribution is 2.21. The summed E-state index contributed by atoms with van der Waals surface area (Å²) in [7, 11) is 1.59. The molecule has 5 heteroatoms. The Kier molecular flexibility index (Phi) is 4.67. The Hall–Kier alpha value is -2.92. The van der Waals surface area contributed by atoms with Crippen LogP contribution in [0.2, 0.25) is 0 Å². The molecule has 0 atom stereocenters. The highest BCUT2D eigenvalue weighted by Gasteiger charge is 2.09. The smallest absolute Gasteiger partial charge is 0.255 e. The summed E-state index contributed by atoms with van der Waals surface area (Å²) in [6, 6.07) is 12.7. The first kappa shape index (κ1) is 16.9. The molecule has 3 rings (SSSR count). The maximum atomic E-state index is 12.5. The van der Waals surface area contributed by atoms with Gasteiger partial charge < -0.3 is 15.0 Å². The molecule has 0 bridgehead atoms. The average Bonchev–Trinajstić information content (AvgIpc) is 2.53. The van der Waals surface area contributed by atoms with Crippen LogP contribution >= 0.6 is 0 Å². The Morgan fingerprint density at radius 3 is 2.48 bits per heavy atom. The lowest BCUT2D eigenvalue weighted by atomic mass is 10.1. The van der Waals surface area contributed by atoms with Crippen LogP contribution in [0.4, 0.5) is 5.69 Å². The highest BCUT2D eigenvalue weighted by molar-refractivity contribution is 6.05. The van der Waals surface area contributed by atoms with Crippen molar-refractivity contribution in [2.45, 2.75) is 20.5 Å². The second-order valence-electron chi connectivity index (χ2n) is 6.18. The SMILES string of the molecule is COCc1cc(=O)[nH]c2cc(NC(=O)c3cc(C)cc(C)c3)ccc12. The van der Waals surface area contributed by atoms with E-state index in [1.807, 2.05) is 44.2 Å². The molecule has 2 N–H and O–H groups in total. The fourth-order valence-corrected chi connectivity index (χ4v) is 2.99. The fourth-order valence-electron chi connectivity index (χ4n) is 2.99. The van der Waals surface area contributed by atoms with Gasteiger partial charge >= 0.3 is 0 Å². The van der Waals surface area contributed by atoms with Crippen molar-refractivity contribution in [3.63, 3.8) is 0 Å². The van der Waals surface area contributed by atoms with E-state index in [0.29, 0.717) is 23.4 Å². The van der Waals surface area contributed by atoms with E-state index in [0.717, 1.165) is 22.1 Å². The number of hydrogen-bond donors (Lipinski definition) is 2. The van der Waals surface area contributed by atoms with Crippen LogP contribution in [-0.4, -0.2) is 18.0 Å². The summed E-state index contributed by atoms with van der Waals surface area (Å²) in [4.78, 5) is 27.1. The summed E-state index contributed by atoms with van der Waals surface area (Å²) >= 11 is 0. The molecule has 2 aromatic carbocycles. The third kappa shape index (κ3) is 3.78. The van der Waals surface area contributed by atoms with Gasteiger partial charge in [-0.25, -0.2) is 0 Å². The number of anilines is 1. The minimum atomic E-state index is -0.197. The van der Waals surface area contributed by atoms with Crippen LogP contribution in [0.25, 0.3) is 10.9 Å². The molecule has 1 aromatic heterocycles. The maximum absolute atomic E-state index is 12.5. The minimum absolute atomic E-state index is 0.179. The van der Waals surface area contributed by atoms with Gasteiger partial charge in [0.1, 0.15) is 0 Å². The quantitative estimate of drug-likeness (QED) is 0.765. The number of fused-ring (bicyclic) bond motifs is 1. The van der Waals surface area contributed by atoms with Crippen molar-refractivity contribution in [1.29, 1.82) is 0 Å². The Bertz CT molecular complexity index is 985. The van der Waals surface area contributed by atoms with Gasteiger partial charge in [-0.15, -0.1) is 0 Å². The van der Waals surface area contributed by atoms with Crippen LogP contribution in [-0.2, 0) is 11.3 Å². The number of rotatable bonds is 4. The molecule has 0 unspecified atom stereocenters. The largest absolute Gasteiger partial charge is 0.380 e. The van der Waals surface area contributed by atoms with E-state index in [1.54, 1.807) is 13.2 Å². The molecule has 0 saturated heterocycles. The van der Waals surface area contributed by atoms with Crippen molar-refractivity contribution in [3.05, 3.63) is 75.1 Å². The Balaban J connectivity index is 1.94. The van der Waals surface area contributed by atoms with E-state index < -0.39 is 0 Å². The average molecular weight is 336 g/mol. The lowest BCUT2D eigenvalue weighted by Crippen LogP contribution is -2.13. The number of aromatic amines is 1. The van der Waals surface area contributed by atoms with Gasteiger partial charge in [0, 0.05) is 29.8 Å². The molecule has 0 fully saturated rings. The van der Waals surface area contributed by atoms with Crippen LogP contribution in [0, 0.1) is 13.8 Å². The third-order valence-electron chi connectivity index (χ3n) is 3.97. The predicted octanol–water partition coefficient (Wildman–Crippen LogP) is 3.54. The monoisotopic (exact) mass is 336 g/mol. The van der Waals surface area contributed by atoms with E-state index in [9.17, 15) is 9.59 Å². The van der Waals surface area contributed by atoms with Crippen molar-refractivity contribution < 1.29 is 9.53 Å². The molecule has 128 valence electrons. The van der Waals surface area contributed by atoms with Crippen LogP contribution in [0.15, 0.2) is 47.3 Å². The highest BCUT2D eigenvalue weighted by atomic mass is 16.5. The zero-order valence-electron chi connectivity index (χ0n) is 14.5. The zero-order valence-corrected chi connectivity index (χ0v) is 14.5. The Morgan fingerprint density at radius 1 is 1.08 bits per heavy atom. The number of amides is 1. The van der Waals surface area contributed by atoms with E-state index in [-0.39, 0.29) is 11.5 Å². The second kappa shape index (κ2) is 6.91. The number of carbonyl (C=O) groups is 1. The fraction of sp³-hybridized carbons (Fsp3) is 0.200. The van der Waals surface area contributed by atoms with Crippen molar-refractivity contribution in [1.82, 2.24) is 4.98 Å². The van der Waals surface area contributed by atoms with Crippen LogP contribution in [0.5, 0.6) is 0 Å². The molecule has 0 saturated carbocycles. The summed E-state index contributed by atoms with van der Waals surface area (Å²) in [5.41, 5.74) is 4.60. The molecule has 3 aromatic rings. The lowest BCUT2D eigenvalue weighted by molar-refractivity contribution is 0.102. The molecule has 0 spiro atoms. The molecule has 0 radical (unpaired) electrons. The van der Waals surface area contributed by atoms with Crippen molar-refractivity contribution in [2.24, 2.45) is 0 Å². The molecule has 1 heterocycles. The Morgan fingerprint density at radius 2 is 1.80 bits per heavy atom. The molecular weight excluding hydrogens is 316 g/mol. The molecular formula is C20H20N2O3. The van der Waals surface area contributed by atoms with Gasteiger partial charge in [-0.3, -0.25) is 9.59 Å². The van der Waals surface area contributed by atoms with Crippen LogP contribution in [0.3, 0.4) is 0 Å². The van der Waals surface area contributed by atoms with E-state index in [2.05, 4.69) is 10.3 Å². The Labute approximate surface area is 145 Å². The van der Waals surface area contributed by atoms with E-state index in [1.165, 1.54) is 6.07 Å². The van der Waals surface area contributed by atoms with Gasteiger partial charge in [-0.2, -0.15) is 0 Å². The molecule has 25 heavy (non-hydrogen) atoms. The van der Waals surface area contributed by atoms with E-state index in [4.69, 9.17) is 4.74 Å². The molecule has 0 aliphatic carbocycles. The van der Waals surface area contributed by atoms with Crippen LogP contribution in [0.1, 0.15) is 27.0 Å². The number of aryl methyl sites for hydroxylation is 2. The summed E-state index contributed by atoms with van der Waals surface area (Å²) in [6.07, 6.45) is 0. The number of benzene rings is 2. The van der Waals surface area contributed by atoms with Gasteiger partial charge in [0.25, 0.3) is 5.91 Å². The first-order chi connectivity index (χ1) is 12.0. The maximum Gasteiger partial charge on any atom is 0.255 e. The lowest BCUT2D eigenvalue weighted by Gasteiger charge is -2.10. The second-order valence-corrected chi connectivity index (χ2v) is 6.18. The number of H-pyrrole nitrogens is 1. The number of carbonyl (C=O) groups excluding carboxylic acids is 1. The number of methoxy groups -OCH3 is 1.